The predicted octanol–water partition coefficient (Wildman–Crippen LogP) is 3.61. The van der Waals surface area contributed by atoms with Gasteiger partial charge in [0.2, 0.25) is 0 Å². The third-order valence-corrected chi connectivity index (χ3v) is 4.10. The number of halogens is 1. The minimum Gasteiger partial charge on any atom is -0.508 e. The number of aromatic nitrogens is 1. The van der Waals surface area contributed by atoms with Crippen LogP contribution >= 0.6 is 22.9 Å². The van der Waals surface area contributed by atoms with Gasteiger partial charge < -0.3 is 15.9 Å². The maximum absolute atomic E-state index is 9.84. The van der Waals surface area contributed by atoms with Crippen molar-refractivity contribution in [3.8, 4) is 22.1 Å². The molecule has 0 bridgehead atoms. The lowest BCUT2D eigenvalue weighted by atomic mass is 10.2. The van der Waals surface area contributed by atoms with Crippen molar-refractivity contribution in [1.29, 1.82) is 0 Å². The summed E-state index contributed by atoms with van der Waals surface area (Å²) in [6, 6.07) is 7.86. The lowest BCUT2D eigenvalue weighted by Crippen LogP contribution is -1.84. The summed E-state index contributed by atoms with van der Waals surface area (Å²) in [6.07, 6.45) is 0. The average molecular weight is 293 g/mol. The maximum atomic E-state index is 9.84. The second-order valence-electron chi connectivity index (χ2n) is 4.06. The number of aromatic hydroxyl groups is 2. The van der Waals surface area contributed by atoms with Crippen molar-refractivity contribution < 1.29 is 10.2 Å². The summed E-state index contributed by atoms with van der Waals surface area (Å²) >= 11 is 7.35. The van der Waals surface area contributed by atoms with Gasteiger partial charge in [-0.05, 0) is 24.3 Å². The molecule has 1 aromatic heterocycles. The van der Waals surface area contributed by atoms with Crippen molar-refractivity contribution in [2.45, 2.75) is 0 Å². The number of thiazole rings is 1. The second-order valence-corrected chi connectivity index (χ2v) is 5.50. The quantitative estimate of drug-likeness (QED) is 0.599. The van der Waals surface area contributed by atoms with Gasteiger partial charge in [-0.3, -0.25) is 0 Å². The molecular weight excluding hydrogens is 284 g/mol. The molecule has 0 unspecified atom stereocenters. The smallest absolute Gasteiger partial charge is 0.129 e. The van der Waals surface area contributed by atoms with E-state index in [0.717, 1.165) is 10.2 Å². The largest absolute Gasteiger partial charge is 0.508 e. The summed E-state index contributed by atoms with van der Waals surface area (Å²) < 4.78 is 0.893. The van der Waals surface area contributed by atoms with Crippen LogP contribution in [0, 0.1) is 0 Å². The highest BCUT2D eigenvalue weighted by molar-refractivity contribution is 7.21. The fourth-order valence-electron chi connectivity index (χ4n) is 1.78. The number of hydrogen-bond acceptors (Lipinski definition) is 5. The normalized spacial score (nSPS) is 11.0. The van der Waals surface area contributed by atoms with Crippen molar-refractivity contribution in [3.05, 3.63) is 35.4 Å². The third kappa shape index (κ3) is 2.07. The van der Waals surface area contributed by atoms with Crippen LogP contribution in [0.2, 0.25) is 5.02 Å². The molecule has 0 radical (unpaired) electrons. The number of nitrogens with two attached hydrogens (primary N) is 1. The standard InChI is InChI=1S/C13H9ClN2O2S/c14-8-4-10-12(5-9(8)15)19-13(16-10)7-2-1-6(17)3-11(7)18/h1-5,17-18H,15H2. The Morgan fingerprint density at radius 2 is 1.95 bits per heavy atom. The van der Waals surface area contributed by atoms with E-state index in [1.165, 1.54) is 23.5 Å². The number of phenolic OH excluding ortho intramolecular Hbond substituents is 2. The third-order valence-electron chi connectivity index (χ3n) is 2.72. The summed E-state index contributed by atoms with van der Waals surface area (Å²) in [4.78, 5) is 4.41. The summed E-state index contributed by atoms with van der Waals surface area (Å²) in [5.41, 5.74) is 7.54. The number of anilines is 1. The van der Waals surface area contributed by atoms with Crippen molar-refractivity contribution in [2.24, 2.45) is 0 Å². The van der Waals surface area contributed by atoms with Crippen LogP contribution in [0.15, 0.2) is 30.3 Å². The molecule has 19 heavy (non-hydrogen) atoms. The Bertz CT molecular complexity index is 747. The van der Waals surface area contributed by atoms with Gasteiger partial charge in [0.1, 0.15) is 16.5 Å². The summed E-state index contributed by atoms with van der Waals surface area (Å²) in [5.74, 6) is -0.00669. The van der Waals surface area contributed by atoms with Crippen molar-refractivity contribution in [3.63, 3.8) is 0 Å². The molecule has 0 saturated heterocycles. The molecule has 3 aromatic rings. The van der Waals surface area contributed by atoms with E-state index in [2.05, 4.69) is 4.98 Å². The van der Waals surface area contributed by atoms with Gasteiger partial charge in [0.25, 0.3) is 0 Å². The number of hydrogen-bond donors (Lipinski definition) is 3. The second kappa shape index (κ2) is 4.29. The minimum absolute atomic E-state index is 0.00894. The van der Waals surface area contributed by atoms with E-state index in [0.29, 0.717) is 21.3 Å². The van der Waals surface area contributed by atoms with Gasteiger partial charge in [-0.2, -0.15) is 0 Å². The Hall–Kier alpha value is -1.98. The molecule has 1 heterocycles. The van der Waals surface area contributed by atoms with Crippen LogP contribution in [-0.2, 0) is 0 Å². The van der Waals surface area contributed by atoms with Gasteiger partial charge in [-0.25, -0.2) is 4.98 Å². The number of nitrogens with zero attached hydrogens (tertiary/aromatic N) is 1. The summed E-state index contributed by atoms with van der Waals surface area (Å²) in [7, 11) is 0. The van der Waals surface area contributed by atoms with Crippen LogP contribution in [0.25, 0.3) is 20.8 Å². The van der Waals surface area contributed by atoms with Gasteiger partial charge in [0, 0.05) is 6.07 Å². The van der Waals surface area contributed by atoms with Gasteiger partial charge in [-0.1, -0.05) is 11.6 Å². The number of fused-ring (bicyclic) bond motifs is 1. The molecule has 4 N–H and O–H groups in total. The first kappa shape index (κ1) is 12.1. The number of rotatable bonds is 1. The summed E-state index contributed by atoms with van der Waals surface area (Å²) in [5, 5.41) is 20.2. The molecule has 6 heteroatoms. The summed E-state index contributed by atoms with van der Waals surface area (Å²) in [6.45, 7) is 0. The van der Waals surface area contributed by atoms with E-state index in [9.17, 15) is 10.2 Å². The highest BCUT2D eigenvalue weighted by Gasteiger charge is 2.12. The Kier molecular flexibility index (Phi) is 2.73. The first-order valence-electron chi connectivity index (χ1n) is 5.42. The molecule has 0 aliphatic rings. The first-order valence-corrected chi connectivity index (χ1v) is 6.62. The molecule has 0 aliphatic carbocycles. The SMILES string of the molecule is Nc1cc2sc(-c3ccc(O)cc3O)nc2cc1Cl. The number of benzene rings is 2. The van der Waals surface area contributed by atoms with Crippen molar-refractivity contribution in [2.75, 3.05) is 5.73 Å². The zero-order valence-corrected chi connectivity index (χ0v) is 11.2. The zero-order chi connectivity index (χ0) is 13.6. The Morgan fingerprint density at radius 3 is 2.68 bits per heavy atom. The minimum atomic E-state index is -0.0156. The molecule has 3 rings (SSSR count). The molecule has 96 valence electrons. The van der Waals surface area contributed by atoms with Gasteiger partial charge in [0.15, 0.2) is 0 Å². The van der Waals surface area contributed by atoms with Crippen LogP contribution in [0.5, 0.6) is 11.5 Å². The highest BCUT2D eigenvalue weighted by Crippen LogP contribution is 2.38. The van der Waals surface area contributed by atoms with Crippen LogP contribution in [0.4, 0.5) is 5.69 Å². The number of phenols is 2. The fourth-order valence-corrected chi connectivity index (χ4v) is 2.97. The maximum Gasteiger partial charge on any atom is 0.129 e. The molecule has 2 aromatic carbocycles. The van der Waals surface area contributed by atoms with E-state index in [4.69, 9.17) is 17.3 Å². The molecule has 0 saturated carbocycles. The van der Waals surface area contributed by atoms with E-state index in [1.807, 2.05) is 0 Å². The van der Waals surface area contributed by atoms with Gasteiger partial charge in [-0.15, -0.1) is 11.3 Å². The molecule has 0 spiro atoms. The molecule has 4 nitrogen and oxygen atoms in total. The molecule has 0 amide bonds. The lowest BCUT2D eigenvalue weighted by molar-refractivity contribution is 0.452. The van der Waals surface area contributed by atoms with E-state index in [1.54, 1.807) is 18.2 Å². The Labute approximate surface area is 117 Å². The van der Waals surface area contributed by atoms with Crippen LogP contribution in [0.3, 0.4) is 0 Å². The molecule has 0 fully saturated rings. The predicted molar refractivity (Wildman–Crippen MR) is 77.8 cm³/mol. The van der Waals surface area contributed by atoms with Crippen molar-refractivity contribution >= 4 is 38.8 Å². The molecular formula is C13H9ClN2O2S. The topological polar surface area (TPSA) is 79.4 Å². The highest BCUT2D eigenvalue weighted by atomic mass is 35.5. The Morgan fingerprint density at radius 1 is 1.16 bits per heavy atom. The van der Waals surface area contributed by atoms with Crippen LogP contribution in [-0.4, -0.2) is 15.2 Å². The van der Waals surface area contributed by atoms with Crippen molar-refractivity contribution in [1.82, 2.24) is 4.98 Å². The monoisotopic (exact) mass is 292 g/mol. The number of nitrogen functional groups attached to an aromatic ring is 1. The first-order chi connectivity index (χ1) is 9.04. The lowest BCUT2D eigenvalue weighted by Gasteiger charge is -2.00. The van der Waals surface area contributed by atoms with E-state index in [-0.39, 0.29) is 11.5 Å². The van der Waals surface area contributed by atoms with E-state index >= 15 is 0 Å². The zero-order valence-electron chi connectivity index (χ0n) is 9.59. The molecule has 0 aliphatic heterocycles. The molecule has 0 atom stereocenters. The fraction of sp³-hybridized carbons (Fsp3) is 0. The Balaban J connectivity index is 2.20. The van der Waals surface area contributed by atoms with Gasteiger partial charge >= 0.3 is 0 Å². The van der Waals surface area contributed by atoms with Crippen LogP contribution in [0.1, 0.15) is 0 Å². The van der Waals surface area contributed by atoms with Crippen LogP contribution < -0.4 is 5.73 Å². The van der Waals surface area contributed by atoms with E-state index < -0.39 is 0 Å². The van der Waals surface area contributed by atoms with Gasteiger partial charge in [0.05, 0.1) is 26.5 Å². The average Bonchev–Trinajstić information content (AvgIpc) is 2.72.